The van der Waals surface area contributed by atoms with Crippen LogP contribution in [-0.4, -0.2) is 24.8 Å². The molecule has 4 rings (SSSR count). The van der Waals surface area contributed by atoms with E-state index in [4.69, 9.17) is 19.3 Å². The van der Waals surface area contributed by atoms with Gasteiger partial charge in [0.25, 0.3) is 0 Å². The first-order valence-corrected chi connectivity index (χ1v) is 11.6. The Morgan fingerprint density at radius 2 is 1.50 bits per heavy atom. The highest BCUT2D eigenvalue weighted by Crippen LogP contribution is 2.28. The Hall–Kier alpha value is -4.51. The Bertz CT molecular complexity index is 1340. The van der Waals surface area contributed by atoms with Crippen molar-refractivity contribution >= 4 is 18.1 Å². The molecule has 0 atom stereocenters. The number of aryl methyl sites for hydroxylation is 1. The minimum absolute atomic E-state index is 0.377. The summed E-state index contributed by atoms with van der Waals surface area (Å²) in [5.41, 5.74) is 6.21. The summed E-state index contributed by atoms with van der Waals surface area (Å²) in [6.07, 6.45) is 4.20. The fourth-order valence-electron chi connectivity index (χ4n) is 3.78. The van der Waals surface area contributed by atoms with Crippen LogP contribution in [0, 0.1) is 6.92 Å². The molecule has 0 amide bonds. The normalized spacial score (nSPS) is 10.8. The van der Waals surface area contributed by atoms with Crippen LogP contribution < -0.4 is 14.2 Å². The van der Waals surface area contributed by atoms with Gasteiger partial charge in [-0.05, 0) is 88.8 Å². The number of ether oxygens (including phenoxy) is 3. The van der Waals surface area contributed by atoms with Gasteiger partial charge in [-0.15, -0.1) is 0 Å². The van der Waals surface area contributed by atoms with Gasteiger partial charge in [0.15, 0.2) is 6.61 Å². The monoisotopic (exact) mass is 480 g/mol. The van der Waals surface area contributed by atoms with Gasteiger partial charge in [-0.2, -0.15) is 0 Å². The summed E-state index contributed by atoms with van der Waals surface area (Å²) >= 11 is 0. The highest BCUT2D eigenvalue weighted by atomic mass is 16.5. The highest BCUT2D eigenvalue weighted by Gasteiger charge is 2.07. The summed E-state index contributed by atoms with van der Waals surface area (Å²) in [6.45, 7) is 1.87. The van der Waals surface area contributed by atoms with Gasteiger partial charge in [0, 0.05) is 0 Å². The molecule has 0 aliphatic carbocycles. The van der Waals surface area contributed by atoms with E-state index < -0.39 is 5.97 Å². The molecule has 5 nitrogen and oxygen atoms in total. The van der Waals surface area contributed by atoms with E-state index in [1.807, 2.05) is 55.5 Å². The summed E-state index contributed by atoms with van der Waals surface area (Å²) in [7, 11) is 1.66. The van der Waals surface area contributed by atoms with E-state index in [2.05, 4.69) is 42.5 Å². The van der Waals surface area contributed by atoms with Crippen molar-refractivity contribution < 1.29 is 24.1 Å². The van der Waals surface area contributed by atoms with Crippen LogP contribution in [0.1, 0.15) is 22.3 Å². The van der Waals surface area contributed by atoms with Crippen molar-refractivity contribution in [3.8, 4) is 28.4 Å². The maximum Gasteiger partial charge on any atom is 0.341 e. The van der Waals surface area contributed by atoms with Gasteiger partial charge in [-0.3, -0.25) is 0 Å². The van der Waals surface area contributed by atoms with Gasteiger partial charge in [0.1, 0.15) is 23.9 Å². The van der Waals surface area contributed by atoms with Crippen molar-refractivity contribution in [1.82, 2.24) is 0 Å². The average Bonchev–Trinajstić information content (AvgIpc) is 2.90. The summed E-state index contributed by atoms with van der Waals surface area (Å²) in [5.74, 6) is 1.02. The molecular weight excluding hydrogens is 452 g/mol. The van der Waals surface area contributed by atoms with Crippen LogP contribution in [0.3, 0.4) is 0 Å². The third-order valence-electron chi connectivity index (χ3n) is 5.61. The first kappa shape index (κ1) is 24.6. The number of aliphatic carboxylic acids is 1. The van der Waals surface area contributed by atoms with E-state index in [9.17, 15) is 4.79 Å². The van der Waals surface area contributed by atoms with E-state index in [0.29, 0.717) is 18.1 Å². The van der Waals surface area contributed by atoms with Crippen molar-refractivity contribution in [1.29, 1.82) is 0 Å². The van der Waals surface area contributed by atoms with E-state index in [1.54, 1.807) is 19.2 Å². The van der Waals surface area contributed by atoms with Crippen LogP contribution in [0.4, 0.5) is 0 Å². The topological polar surface area (TPSA) is 65.0 Å². The van der Waals surface area contributed by atoms with Crippen LogP contribution in [0.25, 0.3) is 23.3 Å². The second kappa shape index (κ2) is 11.8. The third kappa shape index (κ3) is 6.76. The number of carboxylic acids is 1. The zero-order valence-corrected chi connectivity index (χ0v) is 20.3. The Morgan fingerprint density at radius 3 is 2.19 bits per heavy atom. The van der Waals surface area contributed by atoms with Crippen molar-refractivity contribution in [2.75, 3.05) is 13.7 Å². The van der Waals surface area contributed by atoms with E-state index in [-0.39, 0.29) is 6.61 Å². The summed E-state index contributed by atoms with van der Waals surface area (Å²) in [6, 6.07) is 29.9. The maximum absolute atomic E-state index is 10.8. The number of hydrogen-bond acceptors (Lipinski definition) is 4. The predicted octanol–water partition coefficient (Wildman–Crippen LogP) is 6.88. The molecule has 0 aromatic heterocycles. The van der Waals surface area contributed by atoms with Crippen LogP contribution in [0.2, 0.25) is 0 Å². The van der Waals surface area contributed by atoms with Gasteiger partial charge in [-0.25, -0.2) is 4.79 Å². The number of carboxylic acid groups (broad SMARTS) is 1. The number of rotatable bonds is 10. The van der Waals surface area contributed by atoms with E-state index in [0.717, 1.165) is 39.1 Å². The van der Waals surface area contributed by atoms with Crippen molar-refractivity contribution in [3.05, 3.63) is 113 Å². The van der Waals surface area contributed by atoms with Crippen LogP contribution in [0.15, 0.2) is 91.0 Å². The highest BCUT2D eigenvalue weighted by molar-refractivity contribution is 5.74. The van der Waals surface area contributed by atoms with Gasteiger partial charge in [0.2, 0.25) is 0 Å². The molecule has 0 saturated carbocycles. The lowest BCUT2D eigenvalue weighted by molar-refractivity contribution is -0.139. The molecule has 36 heavy (non-hydrogen) atoms. The summed E-state index contributed by atoms with van der Waals surface area (Å²) < 4.78 is 16.7. The van der Waals surface area contributed by atoms with Gasteiger partial charge < -0.3 is 19.3 Å². The largest absolute Gasteiger partial charge is 0.497 e. The Morgan fingerprint density at radius 1 is 0.778 bits per heavy atom. The molecule has 4 aromatic rings. The number of hydrogen-bond donors (Lipinski definition) is 1. The molecule has 0 fully saturated rings. The standard InChI is InChI=1S/C31H28O5/c1-22-16-29(14-15-30(22)36-21-31(32)33)35-20-25-17-24(9-8-23-6-4-3-5-7-23)18-27(19-25)26-10-12-28(34-2)13-11-26/h3-19H,20-21H2,1-2H3,(H,32,33)/b9-8+. The molecule has 0 unspecified atom stereocenters. The molecule has 4 aromatic carbocycles. The number of methoxy groups -OCH3 is 1. The van der Waals surface area contributed by atoms with E-state index >= 15 is 0 Å². The lowest BCUT2D eigenvalue weighted by Gasteiger charge is -2.12. The quantitative estimate of drug-likeness (QED) is 0.251. The van der Waals surface area contributed by atoms with Gasteiger partial charge >= 0.3 is 5.97 Å². The minimum atomic E-state index is -1.01. The zero-order valence-electron chi connectivity index (χ0n) is 20.3. The average molecular weight is 481 g/mol. The molecule has 0 aliphatic heterocycles. The van der Waals surface area contributed by atoms with Gasteiger partial charge in [0.05, 0.1) is 7.11 Å². The first-order valence-electron chi connectivity index (χ1n) is 11.6. The molecule has 0 aliphatic rings. The molecular formula is C31H28O5. The SMILES string of the molecule is COc1ccc(-c2cc(/C=C/c3ccccc3)cc(COc3ccc(OCC(=O)O)c(C)c3)c2)cc1. The Labute approximate surface area is 211 Å². The van der Waals surface area contributed by atoms with Crippen LogP contribution in [-0.2, 0) is 11.4 Å². The van der Waals surface area contributed by atoms with Crippen molar-refractivity contribution in [2.24, 2.45) is 0 Å². The first-order chi connectivity index (χ1) is 17.5. The summed E-state index contributed by atoms with van der Waals surface area (Å²) in [5, 5.41) is 8.83. The number of carbonyl (C=O) groups is 1. The lowest BCUT2D eigenvalue weighted by atomic mass is 9.99. The molecule has 0 spiro atoms. The zero-order chi connectivity index (χ0) is 25.3. The molecule has 5 heteroatoms. The molecule has 0 heterocycles. The lowest BCUT2D eigenvalue weighted by Crippen LogP contribution is -2.10. The van der Waals surface area contributed by atoms with Crippen molar-refractivity contribution in [2.45, 2.75) is 13.5 Å². The smallest absolute Gasteiger partial charge is 0.341 e. The number of benzene rings is 4. The fourth-order valence-corrected chi connectivity index (χ4v) is 3.78. The van der Waals surface area contributed by atoms with Gasteiger partial charge in [-0.1, -0.05) is 54.6 Å². The third-order valence-corrected chi connectivity index (χ3v) is 5.61. The van der Waals surface area contributed by atoms with Crippen LogP contribution in [0.5, 0.6) is 17.2 Å². The molecule has 0 saturated heterocycles. The minimum Gasteiger partial charge on any atom is -0.497 e. The summed E-state index contributed by atoms with van der Waals surface area (Å²) in [4.78, 5) is 10.8. The molecule has 1 N–H and O–H groups in total. The second-order valence-corrected chi connectivity index (χ2v) is 8.33. The van der Waals surface area contributed by atoms with Crippen LogP contribution >= 0.6 is 0 Å². The maximum atomic E-state index is 10.8. The Kier molecular flexibility index (Phi) is 8.04. The predicted molar refractivity (Wildman–Crippen MR) is 142 cm³/mol. The molecule has 0 radical (unpaired) electrons. The van der Waals surface area contributed by atoms with E-state index in [1.165, 1.54) is 0 Å². The molecule has 182 valence electrons. The Balaban J connectivity index is 1.57. The second-order valence-electron chi connectivity index (χ2n) is 8.33. The fraction of sp³-hybridized carbons (Fsp3) is 0.129. The van der Waals surface area contributed by atoms with Crippen molar-refractivity contribution in [3.63, 3.8) is 0 Å². The molecule has 0 bridgehead atoms.